The number of nitrogens with zero attached hydrogens (tertiary/aromatic N) is 1. The molecule has 1 unspecified atom stereocenters. The normalized spacial score (nSPS) is 22.2. The molecule has 16 heavy (non-hydrogen) atoms. The Balaban J connectivity index is 2.19. The molecule has 0 aromatic rings. The fourth-order valence-electron chi connectivity index (χ4n) is 2.50. The van der Waals surface area contributed by atoms with Crippen LogP contribution in [0.15, 0.2) is 0 Å². The topological polar surface area (TPSA) is 40.5 Å². The van der Waals surface area contributed by atoms with Crippen LogP contribution in [0.25, 0.3) is 0 Å². The van der Waals surface area contributed by atoms with Gasteiger partial charge in [0.05, 0.1) is 6.04 Å². The minimum absolute atomic E-state index is 0.187. The molecule has 1 rings (SSSR count). The Morgan fingerprint density at radius 1 is 1.25 bits per heavy atom. The summed E-state index contributed by atoms with van der Waals surface area (Å²) in [4.78, 5) is 13.8. The van der Waals surface area contributed by atoms with Crippen molar-refractivity contribution in [2.75, 3.05) is 19.7 Å². The number of unbranched alkanes of at least 4 members (excludes halogenated alkanes) is 3. The molecule has 0 spiro atoms. The zero-order valence-corrected chi connectivity index (χ0v) is 10.5. The van der Waals surface area contributed by atoms with Crippen LogP contribution in [-0.4, -0.2) is 41.5 Å². The second-order valence-corrected chi connectivity index (χ2v) is 4.80. The molecule has 3 nitrogen and oxygen atoms in total. The van der Waals surface area contributed by atoms with Crippen molar-refractivity contribution in [2.24, 2.45) is 0 Å². The Morgan fingerprint density at radius 2 is 2.00 bits per heavy atom. The van der Waals surface area contributed by atoms with Crippen molar-refractivity contribution in [1.29, 1.82) is 0 Å². The van der Waals surface area contributed by atoms with Crippen molar-refractivity contribution >= 4 is 5.78 Å². The molecular formula is C13H25NO2. The molecule has 0 amide bonds. The minimum Gasteiger partial charge on any atom is -0.396 e. The van der Waals surface area contributed by atoms with Gasteiger partial charge in [0.2, 0.25) is 0 Å². The van der Waals surface area contributed by atoms with Crippen molar-refractivity contribution in [2.45, 2.75) is 57.9 Å². The predicted octanol–water partition coefficient (Wildman–Crippen LogP) is 1.98. The number of hydrogen-bond acceptors (Lipinski definition) is 3. The van der Waals surface area contributed by atoms with E-state index in [0.717, 1.165) is 38.8 Å². The Bertz CT molecular complexity index is 206. The van der Waals surface area contributed by atoms with E-state index in [1.54, 1.807) is 6.92 Å². The molecule has 0 aliphatic carbocycles. The van der Waals surface area contributed by atoms with Gasteiger partial charge in [-0.05, 0) is 45.7 Å². The molecule has 0 aromatic carbocycles. The Morgan fingerprint density at radius 3 is 2.69 bits per heavy atom. The van der Waals surface area contributed by atoms with Crippen molar-refractivity contribution in [3.8, 4) is 0 Å². The number of aliphatic hydroxyl groups is 1. The van der Waals surface area contributed by atoms with E-state index < -0.39 is 0 Å². The van der Waals surface area contributed by atoms with Gasteiger partial charge in [-0.1, -0.05) is 19.3 Å². The number of ketones is 1. The third-order valence-corrected chi connectivity index (χ3v) is 3.44. The molecule has 1 atom stereocenters. The van der Waals surface area contributed by atoms with E-state index in [9.17, 15) is 4.79 Å². The van der Waals surface area contributed by atoms with Gasteiger partial charge in [-0.3, -0.25) is 9.69 Å². The maximum absolute atomic E-state index is 11.5. The lowest BCUT2D eigenvalue weighted by Crippen LogP contribution is -2.44. The summed E-state index contributed by atoms with van der Waals surface area (Å²) in [6.45, 7) is 4.16. The van der Waals surface area contributed by atoms with Crippen LogP contribution in [0.5, 0.6) is 0 Å². The Kier molecular flexibility index (Phi) is 6.65. The van der Waals surface area contributed by atoms with Gasteiger partial charge in [-0.25, -0.2) is 0 Å². The van der Waals surface area contributed by atoms with Gasteiger partial charge in [-0.15, -0.1) is 0 Å². The maximum Gasteiger partial charge on any atom is 0.146 e. The van der Waals surface area contributed by atoms with Crippen molar-refractivity contribution in [3.63, 3.8) is 0 Å². The second-order valence-electron chi connectivity index (χ2n) is 4.80. The summed E-state index contributed by atoms with van der Waals surface area (Å²) in [6.07, 6.45) is 7.83. The number of likely N-dealkylation sites (tertiary alicyclic amines) is 1. The summed E-state index contributed by atoms with van der Waals surface area (Å²) in [5.41, 5.74) is 0. The van der Waals surface area contributed by atoms with Crippen molar-refractivity contribution in [3.05, 3.63) is 0 Å². The summed E-state index contributed by atoms with van der Waals surface area (Å²) in [7, 11) is 0. The SMILES string of the molecule is CC(=O)C1CCCCN1CCCCCCO. The van der Waals surface area contributed by atoms with E-state index in [-0.39, 0.29) is 6.04 Å². The molecule has 0 radical (unpaired) electrons. The molecule has 1 aliphatic rings. The molecule has 94 valence electrons. The van der Waals surface area contributed by atoms with Gasteiger partial charge in [0.15, 0.2) is 0 Å². The third-order valence-electron chi connectivity index (χ3n) is 3.44. The summed E-state index contributed by atoms with van der Waals surface area (Å²) in [5.74, 6) is 0.329. The number of aliphatic hydroxyl groups excluding tert-OH is 1. The molecule has 3 heteroatoms. The van der Waals surface area contributed by atoms with E-state index in [1.165, 1.54) is 19.3 Å². The summed E-state index contributed by atoms with van der Waals surface area (Å²) >= 11 is 0. The van der Waals surface area contributed by atoms with Crippen LogP contribution in [0.2, 0.25) is 0 Å². The smallest absolute Gasteiger partial charge is 0.146 e. The van der Waals surface area contributed by atoms with Gasteiger partial charge in [0.1, 0.15) is 5.78 Å². The summed E-state index contributed by atoms with van der Waals surface area (Å²) in [6, 6.07) is 0.187. The molecule has 1 aliphatic heterocycles. The molecule has 1 fully saturated rings. The number of Topliss-reactive ketones (excluding diaryl/α,β-unsaturated/α-hetero) is 1. The minimum atomic E-state index is 0.187. The first-order chi connectivity index (χ1) is 7.75. The lowest BCUT2D eigenvalue weighted by Gasteiger charge is -2.34. The number of carbonyl (C=O) groups excluding carboxylic acids is 1. The van der Waals surface area contributed by atoms with E-state index in [2.05, 4.69) is 4.90 Å². The quantitative estimate of drug-likeness (QED) is 0.676. The zero-order valence-electron chi connectivity index (χ0n) is 10.5. The second kappa shape index (κ2) is 7.80. The van der Waals surface area contributed by atoms with Gasteiger partial charge >= 0.3 is 0 Å². The largest absolute Gasteiger partial charge is 0.396 e. The van der Waals surface area contributed by atoms with Gasteiger partial charge in [-0.2, -0.15) is 0 Å². The average Bonchev–Trinajstić information content (AvgIpc) is 2.29. The molecule has 0 bridgehead atoms. The standard InChI is InChI=1S/C13H25NO2/c1-12(16)13-8-4-6-10-14(13)9-5-2-3-7-11-15/h13,15H,2-11H2,1H3. The summed E-state index contributed by atoms with van der Waals surface area (Å²) in [5, 5.41) is 8.67. The molecule has 1 saturated heterocycles. The predicted molar refractivity (Wildman–Crippen MR) is 65.4 cm³/mol. The first-order valence-corrected chi connectivity index (χ1v) is 6.61. The van der Waals surface area contributed by atoms with Crippen molar-refractivity contribution < 1.29 is 9.90 Å². The molecule has 0 saturated carbocycles. The monoisotopic (exact) mass is 227 g/mol. The average molecular weight is 227 g/mol. The summed E-state index contributed by atoms with van der Waals surface area (Å²) < 4.78 is 0. The number of rotatable bonds is 7. The van der Waals surface area contributed by atoms with E-state index in [4.69, 9.17) is 5.11 Å². The van der Waals surface area contributed by atoms with Crippen molar-refractivity contribution in [1.82, 2.24) is 4.90 Å². The molecule has 0 aromatic heterocycles. The fourth-order valence-corrected chi connectivity index (χ4v) is 2.50. The van der Waals surface area contributed by atoms with Crippen LogP contribution in [0.4, 0.5) is 0 Å². The highest BCUT2D eigenvalue weighted by Crippen LogP contribution is 2.18. The highest BCUT2D eigenvalue weighted by molar-refractivity contribution is 5.81. The van der Waals surface area contributed by atoms with Crippen LogP contribution in [0.1, 0.15) is 51.9 Å². The Hall–Kier alpha value is -0.410. The Labute approximate surface area is 98.8 Å². The highest BCUT2D eigenvalue weighted by atomic mass is 16.2. The van der Waals surface area contributed by atoms with Crippen LogP contribution < -0.4 is 0 Å². The highest BCUT2D eigenvalue weighted by Gasteiger charge is 2.24. The van der Waals surface area contributed by atoms with Crippen LogP contribution >= 0.6 is 0 Å². The van der Waals surface area contributed by atoms with E-state index >= 15 is 0 Å². The lowest BCUT2D eigenvalue weighted by atomic mass is 9.98. The fraction of sp³-hybridized carbons (Fsp3) is 0.923. The van der Waals surface area contributed by atoms with E-state index in [1.807, 2.05) is 0 Å². The molecule has 1 heterocycles. The first kappa shape index (κ1) is 13.7. The van der Waals surface area contributed by atoms with Gasteiger partial charge in [0.25, 0.3) is 0 Å². The van der Waals surface area contributed by atoms with Crippen LogP contribution in [-0.2, 0) is 4.79 Å². The number of hydrogen-bond donors (Lipinski definition) is 1. The first-order valence-electron chi connectivity index (χ1n) is 6.61. The molecule has 1 N–H and O–H groups in total. The van der Waals surface area contributed by atoms with Gasteiger partial charge < -0.3 is 5.11 Å². The lowest BCUT2D eigenvalue weighted by molar-refractivity contribution is -0.123. The maximum atomic E-state index is 11.5. The third kappa shape index (κ3) is 4.62. The van der Waals surface area contributed by atoms with Gasteiger partial charge in [0, 0.05) is 6.61 Å². The van der Waals surface area contributed by atoms with Crippen LogP contribution in [0, 0.1) is 0 Å². The van der Waals surface area contributed by atoms with Crippen LogP contribution in [0.3, 0.4) is 0 Å². The molecular weight excluding hydrogens is 202 g/mol. The number of carbonyl (C=O) groups is 1. The van der Waals surface area contributed by atoms with E-state index in [0.29, 0.717) is 12.4 Å². The zero-order chi connectivity index (χ0) is 11.8. The number of piperidine rings is 1.